The summed E-state index contributed by atoms with van der Waals surface area (Å²) in [4.78, 5) is 10.1. The lowest BCUT2D eigenvalue weighted by Gasteiger charge is -2.08. The summed E-state index contributed by atoms with van der Waals surface area (Å²) < 4.78 is 26.1. The summed E-state index contributed by atoms with van der Waals surface area (Å²) in [6, 6.07) is 5.72. The standard InChI is InChI=1S/C11H11ClN2O4S/c12-9-4-3-8(7-13)6-10(9)19(17,18)14-5-1-2-11(15)16/h3-4,6,14H,1-2,5H2,(H,15,16). The fraction of sp³-hybridized carbons (Fsp3) is 0.273. The highest BCUT2D eigenvalue weighted by atomic mass is 35.5. The molecule has 0 bridgehead atoms. The SMILES string of the molecule is N#Cc1ccc(Cl)c(S(=O)(=O)NCCCC(=O)O)c1. The third-order valence-electron chi connectivity index (χ3n) is 2.21. The van der Waals surface area contributed by atoms with Crippen LogP contribution in [0.3, 0.4) is 0 Å². The van der Waals surface area contributed by atoms with Crippen molar-refractivity contribution in [2.45, 2.75) is 17.7 Å². The van der Waals surface area contributed by atoms with E-state index in [1.807, 2.05) is 6.07 Å². The van der Waals surface area contributed by atoms with Gasteiger partial charge >= 0.3 is 5.97 Å². The molecule has 0 radical (unpaired) electrons. The normalized spacial score (nSPS) is 10.9. The highest BCUT2D eigenvalue weighted by molar-refractivity contribution is 7.89. The van der Waals surface area contributed by atoms with Gasteiger partial charge in [0.2, 0.25) is 10.0 Å². The van der Waals surface area contributed by atoms with Crippen LogP contribution in [0.25, 0.3) is 0 Å². The smallest absolute Gasteiger partial charge is 0.303 e. The van der Waals surface area contributed by atoms with E-state index in [1.54, 1.807) is 0 Å². The van der Waals surface area contributed by atoms with E-state index < -0.39 is 16.0 Å². The number of aliphatic carboxylic acids is 1. The average Bonchev–Trinajstić information content (AvgIpc) is 2.35. The van der Waals surface area contributed by atoms with Crippen LogP contribution < -0.4 is 4.72 Å². The second kappa shape index (κ2) is 6.52. The monoisotopic (exact) mass is 302 g/mol. The molecule has 2 N–H and O–H groups in total. The molecule has 1 aromatic carbocycles. The van der Waals surface area contributed by atoms with Crippen molar-refractivity contribution in [1.82, 2.24) is 4.72 Å². The second-order valence-corrected chi connectivity index (χ2v) is 5.79. The Balaban J connectivity index is 2.83. The van der Waals surface area contributed by atoms with Crippen LogP contribution in [-0.4, -0.2) is 26.0 Å². The summed E-state index contributed by atoms with van der Waals surface area (Å²) in [6.07, 6.45) is 0.0403. The molecule has 0 aliphatic rings. The van der Waals surface area contributed by atoms with Gasteiger partial charge in [0.05, 0.1) is 16.7 Å². The lowest BCUT2D eigenvalue weighted by Crippen LogP contribution is -2.25. The molecule has 0 saturated heterocycles. The van der Waals surface area contributed by atoms with E-state index in [2.05, 4.69) is 4.72 Å². The Morgan fingerprint density at radius 3 is 2.74 bits per heavy atom. The van der Waals surface area contributed by atoms with Crippen molar-refractivity contribution >= 4 is 27.6 Å². The maximum atomic E-state index is 11.9. The third kappa shape index (κ3) is 4.52. The molecular weight excluding hydrogens is 292 g/mol. The molecule has 1 aromatic rings. The van der Waals surface area contributed by atoms with Crippen molar-refractivity contribution in [2.75, 3.05) is 6.54 Å². The Morgan fingerprint density at radius 2 is 2.16 bits per heavy atom. The van der Waals surface area contributed by atoms with Gasteiger partial charge in [-0.1, -0.05) is 11.6 Å². The Kier molecular flexibility index (Phi) is 5.30. The Labute approximate surface area is 115 Å². The van der Waals surface area contributed by atoms with Crippen molar-refractivity contribution < 1.29 is 18.3 Å². The maximum absolute atomic E-state index is 11.9. The summed E-state index contributed by atoms with van der Waals surface area (Å²) in [5.41, 5.74) is 0.176. The average molecular weight is 303 g/mol. The number of nitriles is 1. The molecule has 0 aliphatic carbocycles. The van der Waals surface area contributed by atoms with Gasteiger partial charge < -0.3 is 5.11 Å². The zero-order valence-corrected chi connectivity index (χ0v) is 11.3. The first-order valence-electron chi connectivity index (χ1n) is 5.28. The quantitative estimate of drug-likeness (QED) is 0.771. The maximum Gasteiger partial charge on any atom is 0.303 e. The fourth-order valence-electron chi connectivity index (χ4n) is 1.30. The highest BCUT2D eigenvalue weighted by Gasteiger charge is 2.18. The fourth-order valence-corrected chi connectivity index (χ4v) is 2.90. The molecule has 0 amide bonds. The number of carbonyl (C=O) groups is 1. The van der Waals surface area contributed by atoms with Gasteiger partial charge in [-0.2, -0.15) is 5.26 Å². The minimum Gasteiger partial charge on any atom is -0.481 e. The van der Waals surface area contributed by atoms with Gasteiger partial charge in [-0.05, 0) is 24.6 Å². The summed E-state index contributed by atoms with van der Waals surface area (Å²) in [6.45, 7) is -0.0122. The topological polar surface area (TPSA) is 107 Å². The predicted molar refractivity (Wildman–Crippen MR) is 68.2 cm³/mol. The molecule has 0 unspecified atom stereocenters. The van der Waals surface area contributed by atoms with Crippen LogP contribution in [0.5, 0.6) is 0 Å². The third-order valence-corrected chi connectivity index (χ3v) is 4.15. The molecule has 0 fully saturated rings. The summed E-state index contributed by atoms with van der Waals surface area (Å²) >= 11 is 5.78. The second-order valence-electron chi connectivity index (χ2n) is 3.65. The Hall–Kier alpha value is -1.62. The van der Waals surface area contributed by atoms with Gasteiger partial charge in [-0.15, -0.1) is 0 Å². The lowest BCUT2D eigenvalue weighted by atomic mass is 10.2. The van der Waals surface area contributed by atoms with Gasteiger partial charge in [0.15, 0.2) is 0 Å². The van der Waals surface area contributed by atoms with Gasteiger partial charge in [-0.3, -0.25) is 4.79 Å². The zero-order chi connectivity index (χ0) is 14.5. The summed E-state index contributed by atoms with van der Waals surface area (Å²) in [5.74, 6) is -0.997. The number of hydrogen-bond donors (Lipinski definition) is 2. The van der Waals surface area contributed by atoms with E-state index in [9.17, 15) is 13.2 Å². The summed E-state index contributed by atoms with van der Waals surface area (Å²) in [7, 11) is -3.85. The van der Waals surface area contributed by atoms with Crippen LogP contribution in [0.15, 0.2) is 23.1 Å². The van der Waals surface area contributed by atoms with E-state index in [1.165, 1.54) is 18.2 Å². The number of benzene rings is 1. The Morgan fingerprint density at radius 1 is 1.47 bits per heavy atom. The number of sulfonamides is 1. The highest BCUT2D eigenvalue weighted by Crippen LogP contribution is 2.22. The molecule has 0 aromatic heterocycles. The number of nitrogens with zero attached hydrogens (tertiary/aromatic N) is 1. The van der Waals surface area contributed by atoms with E-state index >= 15 is 0 Å². The van der Waals surface area contributed by atoms with Crippen LogP contribution in [0.2, 0.25) is 5.02 Å². The van der Waals surface area contributed by atoms with Gasteiger partial charge in [0.1, 0.15) is 4.90 Å². The molecule has 0 atom stereocenters. The molecule has 0 saturated carbocycles. The molecule has 102 valence electrons. The van der Waals surface area contributed by atoms with Crippen LogP contribution in [0.4, 0.5) is 0 Å². The molecule has 0 heterocycles. The molecule has 19 heavy (non-hydrogen) atoms. The van der Waals surface area contributed by atoms with Crippen molar-refractivity contribution in [3.8, 4) is 6.07 Å². The number of hydrogen-bond acceptors (Lipinski definition) is 4. The van der Waals surface area contributed by atoms with Crippen molar-refractivity contribution in [1.29, 1.82) is 5.26 Å². The van der Waals surface area contributed by atoms with E-state index in [4.69, 9.17) is 22.0 Å². The van der Waals surface area contributed by atoms with Crippen LogP contribution >= 0.6 is 11.6 Å². The number of carboxylic acids is 1. The van der Waals surface area contributed by atoms with Crippen molar-refractivity contribution in [3.05, 3.63) is 28.8 Å². The lowest BCUT2D eigenvalue weighted by molar-refractivity contribution is -0.137. The summed E-state index contributed by atoms with van der Waals surface area (Å²) in [5, 5.41) is 17.2. The molecule has 8 heteroatoms. The number of nitrogens with one attached hydrogen (secondary N) is 1. The van der Waals surface area contributed by atoms with Crippen LogP contribution in [-0.2, 0) is 14.8 Å². The molecule has 0 aliphatic heterocycles. The van der Waals surface area contributed by atoms with Gasteiger partial charge in [0.25, 0.3) is 0 Å². The molecule has 0 spiro atoms. The van der Waals surface area contributed by atoms with E-state index in [0.29, 0.717) is 0 Å². The van der Waals surface area contributed by atoms with E-state index in [0.717, 1.165) is 0 Å². The minimum absolute atomic E-state index is 0.00438. The predicted octanol–water partition coefficient (Wildman–Crippen LogP) is 1.35. The Bertz CT molecular complexity index is 622. The van der Waals surface area contributed by atoms with Crippen molar-refractivity contribution in [3.63, 3.8) is 0 Å². The van der Waals surface area contributed by atoms with E-state index in [-0.39, 0.29) is 34.9 Å². The minimum atomic E-state index is -3.85. The van der Waals surface area contributed by atoms with Crippen LogP contribution in [0, 0.1) is 11.3 Å². The first-order chi connectivity index (χ1) is 8.86. The first kappa shape index (κ1) is 15.4. The van der Waals surface area contributed by atoms with Crippen LogP contribution in [0.1, 0.15) is 18.4 Å². The molecular formula is C11H11ClN2O4S. The van der Waals surface area contributed by atoms with Gasteiger partial charge in [0, 0.05) is 13.0 Å². The number of rotatable bonds is 6. The van der Waals surface area contributed by atoms with Crippen molar-refractivity contribution in [2.24, 2.45) is 0 Å². The first-order valence-corrected chi connectivity index (χ1v) is 7.14. The molecule has 1 rings (SSSR count). The van der Waals surface area contributed by atoms with Gasteiger partial charge in [-0.25, -0.2) is 13.1 Å². The largest absolute Gasteiger partial charge is 0.481 e. The number of halogens is 1. The number of carboxylic acid groups (broad SMARTS) is 1. The molecule has 6 nitrogen and oxygen atoms in total. The zero-order valence-electron chi connectivity index (χ0n) is 9.76.